The Bertz CT molecular complexity index is 1200. The lowest BCUT2D eigenvalue weighted by Gasteiger charge is -2.36. The van der Waals surface area contributed by atoms with Gasteiger partial charge in [-0.05, 0) is 51.2 Å². The molecule has 0 spiro atoms. The molecule has 0 amide bonds. The number of amidine groups is 1. The largest absolute Gasteiger partial charge is 0.351 e. The van der Waals surface area contributed by atoms with Gasteiger partial charge in [-0.3, -0.25) is 10.7 Å². The summed E-state index contributed by atoms with van der Waals surface area (Å²) < 4.78 is 42.5. The van der Waals surface area contributed by atoms with Crippen LogP contribution >= 0.6 is 11.6 Å². The second-order valence-electron chi connectivity index (χ2n) is 8.27. The summed E-state index contributed by atoms with van der Waals surface area (Å²) in [5, 5.41) is 12.8. The van der Waals surface area contributed by atoms with Crippen LogP contribution in [0.1, 0.15) is 31.2 Å². The van der Waals surface area contributed by atoms with E-state index in [1.54, 1.807) is 0 Å². The van der Waals surface area contributed by atoms with E-state index in [2.05, 4.69) is 25.2 Å². The molecule has 4 rings (SSSR count). The lowest BCUT2D eigenvalue weighted by Crippen LogP contribution is -2.45. The van der Waals surface area contributed by atoms with Crippen molar-refractivity contribution in [2.24, 2.45) is 4.99 Å². The van der Waals surface area contributed by atoms with Crippen LogP contribution in [-0.4, -0.2) is 52.1 Å². The predicted octanol–water partition coefficient (Wildman–Crippen LogP) is 4.98. The van der Waals surface area contributed by atoms with Crippen molar-refractivity contribution in [1.82, 2.24) is 20.3 Å². The van der Waals surface area contributed by atoms with Crippen LogP contribution in [0.25, 0.3) is 11.0 Å². The molecule has 0 bridgehead atoms. The standard InChI is InChI=1S/C22H24ClF3N6O/c1-32(2)17-6-4-3-5-16(17)28-22-29-19-12(10-15(25)18(26)20(19)30-22)21(31-33)27-11-7-8-14(24)13(23)9-11/h7-10,16-17,33H,3-6H2,1-2H3,(H,27,31)(H2,28,29,30)/t16-,17-/m1/s1. The summed E-state index contributed by atoms with van der Waals surface area (Å²) in [6.07, 6.45) is 4.12. The molecule has 33 heavy (non-hydrogen) atoms. The van der Waals surface area contributed by atoms with Gasteiger partial charge in [-0.15, -0.1) is 0 Å². The lowest BCUT2D eigenvalue weighted by atomic mass is 9.90. The highest BCUT2D eigenvalue weighted by Crippen LogP contribution is 2.29. The van der Waals surface area contributed by atoms with Crippen LogP contribution in [0, 0.1) is 17.5 Å². The number of fused-ring (bicyclic) bond motifs is 1. The van der Waals surface area contributed by atoms with Gasteiger partial charge in [-0.25, -0.2) is 23.1 Å². The normalized spacial score (nSPS) is 19.3. The van der Waals surface area contributed by atoms with Crippen LogP contribution in [0.3, 0.4) is 0 Å². The summed E-state index contributed by atoms with van der Waals surface area (Å²) >= 11 is 5.79. The van der Waals surface area contributed by atoms with Gasteiger partial charge in [0.15, 0.2) is 17.5 Å². The number of nitrogens with one attached hydrogen (secondary N) is 3. The first-order valence-corrected chi connectivity index (χ1v) is 10.9. The number of hydrogen-bond acceptors (Lipinski definition) is 5. The zero-order chi connectivity index (χ0) is 23.7. The minimum atomic E-state index is -1.15. The number of benzene rings is 2. The van der Waals surface area contributed by atoms with Gasteiger partial charge in [-0.2, -0.15) is 0 Å². The van der Waals surface area contributed by atoms with Crippen molar-refractivity contribution >= 4 is 40.1 Å². The molecule has 11 heteroatoms. The lowest BCUT2D eigenvalue weighted by molar-refractivity contribution is 0.211. The summed E-state index contributed by atoms with van der Waals surface area (Å²) in [5.74, 6) is -2.81. The molecule has 1 heterocycles. The molecular formula is C22H24ClF3N6O. The van der Waals surface area contributed by atoms with Crippen molar-refractivity contribution in [3.8, 4) is 0 Å². The summed E-state index contributed by atoms with van der Waals surface area (Å²) in [7, 11) is 4.02. The Morgan fingerprint density at radius 1 is 1.18 bits per heavy atom. The quantitative estimate of drug-likeness (QED) is 0.235. The number of nitrogens with zero attached hydrogens (tertiary/aromatic N) is 3. The number of imidazole rings is 1. The molecule has 7 nitrogen and oxygen atoms in total. The molecule has 0 radical (unpaired) electrons. The Hall–Kier alpha value is -2.82. The zero-order valence-electron chi connectivity index (χ0n) is 18.1. The van der Waals surface area contributed by atoms with E-state index < -0.39 is 17.5 Å². The number of halogens is 4. The molecule has 2 atom stereocenters. The molecule has 1 aromatic heterocycles. The third-order valence-electron chi connectivity index (χ3n) is 5.88. The Morgan fingerprint density at radius 3 is 2.64 bits per heavy atom. The molecule has 1 aliphatic carbocycles. The molecule has 0 saturated heterocycles. The van der Waals surface area contributed by atoms with Crippen LogP contribution in [0.4, 0.5) is 24.8 Å². The third-order valence-corrected chi connectivity index (χ3v) is 6.17. The number of anilines is 1. The van der Waals surface area contributed by atoms with Crippen molar-refractivity contribution in [3.05, 3.63) is 52.3 Å². The molecule has 176 valence electrons. The highest BCUT2D eigenvalue weighted by molar-refractivity contribution is 6.31. The number of rotatable bonds is 5. The van der Waals surface area contributed by atoms with Gasteiger partial charge in [-0.1, -0.05) is 24.4 Å². The first kappa shape index (κ1) is 23.3. The van der Waals surface area contributed by atoms with Crippen LogP contribution in [-0.2, 0) is 0 Å². The molecule has 3 aromatic rings. The van der Waals surface area contributed by atoms with Crippen molar-refractivity contribution < 1.29 is 18.4 Å². The van der Waals surface area contributed by atoms with Gasteiger partial charge in [0.25, 0.3) is 0 Å². The van der Waals surface area contributed by atoms with Crippen LogP contribution < -0.4 is 10.8 Å². The Labute approximate surface area is 193 Å². The SMILES string of the molecule is CN(C)[C@@H]1CCCC[C@H]1Nc1nc2c(F)c(F)cc(C(=Nc3ccc(F)c(Cl)c3)NO)c2[nH]1. The summed E-state index contributed by atoms with van der Waals surface area (Å²) in [5.41, 5.74) is 2.05. The predicted molar refractivity (Wildman–Crippen MR) is 122 cm³/mol. The number of hydrogen-bond donors (Lipinski definition) is 4. The van der Waals surface area contributed by atoms with Gasteiger partial charge >= 0.3 is 0 Å². The Kier molecular flexibility index (Phi) is 6.78. The number of likely N-dealkylation sites (N-methyl/N-ethyl adjacent to an activating group) is 1. The number of aromatic amines is 1. The van der Waals surface area contributed by atoms with Gasteiger partial charge in [0.05, 0.1) is 16.2 Å². The molecular weight excluding hydrogens is 457 g/mol. The molecule has 1 aliphatic rings. The summed E-state index contributed by atoms with van der Waals surface area (Å²) in [4.78, 5) is 13.5. The van der Waals surface area contributed by atoms with Crippen molar-refractivity contribution in [2.75, 3.05) is 19.4 Å². The Morgan fingerprint density at radius 2 is 1.94 bits per heavy atom. The van der Waals surface area contributed by atoms with Gasteiger partial charge in [0.1, 0.15) is 11.3 Å². The minimum absolute atomic E-state index is 0.0419. The van der Waals surface area contributed by atoms with Gasteiger partial charge in [0.2, 0.25) is 5.95 Å². The number of aliphatic imine (C=N–C) groups is 1. The maximum Gasteiger partial charge on any atom is 0.201 e. The van der Waals surface area contributed by atoms with Crippen molar-refractivity contribution in [3.63, 3.8) is 0 Å². The van der Waals surface area contributed by atoms with Crippen LogP contribution in [0.15, 0.2) is 29.3 Å². The monoisotopic (exact) mass is 480 g/mol. The number of aromatic nitrogens is 2. The number of hydroxylamine groups is 1. The van der Waals surface area contributed by atoms with Gasteiger partial charge < -0.3 is 15.2 Å². The highest BCUT2D eigenvalue weighted by Gasteiger charge is 2.28. The highest BCUT2D eigenvalue weighted by atomic mass is 35.5. The van der Waals surface area contributed by atoms with E-state index in [9.17, 15) is 18.4 Å². The van der Waals surface area contributed by atoms with E-state index in [-0.39, 0.29) is 51.2 Å². The minimum Gasteiger partial charge on any atom is -0.351 e. The second kappa shape index (κ2) is 9.58. The van der Waals surface area contributed by atoms with Crippen molar-refractivity contribution in [2.45, 2.75) is 37.8 Å². The Balaban J connectivity index is 1.75. The fourth-order valence-electron chi connectivity index (χ4n) is 4.26. The third kappa shape index (κ3) is 4.78. The summed E-state index contributed by atoms with van der Waals surface area (Å²) in [6.45, 7) is 0. The fraction of sp³-hybridized carbons (Fsp3) is 0.364. The van der Waals surface area contributed by atoms with Crippen molar-refractivity contribution in [1.29, 1.82) is 0 Å². The number of H-pyrrole nitrogens is 1. The maximum atomic E-state index is 14.6. The fourth-order valence-corrected chi connectivity index (χ4v) is 4.43. The molecule has 4 N–H and O–H groups in total. The van der Waals surface area contributed by atoms with Crippen LogP contribution in [0.5, 0.6) is 0 Å². The molecule has 0 aliphatic heterocycles. The van der Waals surface area contributed by atoms with E-state index in [4.69, 9.17) is 11.6 Å². The topological polar surface area (TPSA) is 88.6 Å². The molecule has 1 fully saturated rings. The second-order valence-corrected chi connectivity index (χ2v) is 8.67. The molecule has 2 aromatic carbocycles. The first-order valence-electron chi connectivity index (χ1n) is 10.5. The smallest absolute Gasteiger partial charge is 0.201 e. The van der Waals surface area contributed by atoms with E-state index in [1.807, 2.05) is 19.6 Å². The summed E-state index contributed by atoms with van der Waals surface area (Å²) in [6, 6.07) is 4.94. The van der Waals surface area contributed by atoms with E-state index in [0.717, 1.165) is 37.8 Å². The average molecular weight is 481 g/mol. The van der Waals surface area contributed by atoms with E-state index >= 15 is 0 Å². The van der Waals surface area contributed by atoms with Crippen LogP contribution in [0.2, 0.25) is 5.02 Å². The molecule has 0 unspecified atom stereocenters. The van der Waals surface area contributed by atoms with Gasteiger partial charge in [0, 0.05) is 17.6 Å². The molecule has 1 saturated carbocycles. The first-order chi connectivity index (χ1) is 15.8. The zero-order valence-corrected chi connectivity index (χ0v) is 18.8. The van der Waals surface area contributed by atoms with E-state index in [1.165, 1.54) is 12.1 Å². The van der Waals surface area contributed by atoms with E-state index in [0.29, 0.717) is 0 Å². The maximum absolute atomic E-state index is 14.6. The average Bonchev–Trinajstić information content (AvgIpc) is 3.21.